The second kappa shape index (κ2) is 12.0. The molecule has 1 saturated heterocycles. The SMILES string of the molecule is CCNC(=O)N(c1ccc(Cl)cc1)N1CCN(c2ccc(OC3CC3(OCC)c3ccc(F)cc3F)cc2)CC1. The summed E-state index contributed by atoms with van der Waals surface area (Å²) in [5.41, 5.74) is 1.20. The maximum Gasteiger partial charge on any atom is 0.336 e. The number of carbonyl (C=O) groups excluding carboxylic acids is 1. The van der Waals surface area contributed by atoms with E-state index in [1.165, 1.54) is 12.1 Å². The van der Waals surface area contributed by atoms with Gasteiger partial charge in [0, 0.05) is 68.1 Å². The molecular formula is C30H33ClF2N4O3. The number of anilines is 2. The smallest absolute Gasteiger partial charge is 0.336 e. The molecule has 2 amide bonds. The Bertz CT molecular complexity index is 1320. The van der Waals surface area contributed by atoms with E-state index in [0.717, 1.165) is 30.5 Å². The molecule has 10 heteroatoms. The Morgan fingerprint density at radius 2 is 1.73 bits per heavy atom. The minimum atomic E-state index is -0.915. The standard InChI is InChI=1S/C30H33ClF2N4O3/c1-3-34-29(38)37(24-8-5-21(31)6-9-24)36-17-15-35(16-18-36)23-10-12-25(13-11-23)40-28-20-30(28,39-4-2)26-14-7-22(32)19-27(26)33/h5-14,19,28H,3-4,15-18,20H2,1-2H3,(H,34,38). The molecule has 0 bridgehead atoms. The number of ether oxygens (including phenoxy) is 2. The Labute approximate surface area is 238 Å². The van der Waals surface area contributed by atoms with Crippen molar-refractivity contribution < 1.29 is 23.0 Å². The predicted molar refractivity (Wildman–Crippen MR) is 152 cm³/mol. The van der Waals surface area contributed by atoms with Gasteiger partial charge in [-0.1, -0.05) is 17.7 Å². The number of nitrogens with zero attached hydrogens (tertiary/aromatic N) is 3. The van der Waals surface area contributed by atoms with Gasteiger partial charge in [-0.3, -0.25) is 0 Å². The largest absolute Gasteiger partial charge is 0.487 e. The summed E-state index contributed by atoms with van der Waals surface area (Å²) in [6.45, 7) is 7.41. The van der Waals surface area contributed by atoms with E-state index in [0.29, 0.717) is 49.0 Å². The fraction of sp³-hybridized carbons (Fsp3) is 0.367. The number of nitrogens with one attached hydrogen (secondary N) is 1. The molecule has 1 N–H and O–H groups in total. The number of amides is 2. The first-order valence-corrected chi connectivity index (χ1v) is 13.9. The quantitative estimate of drug-likeness (QED) is 0.343. The first-order chi connectivity index (χ1) is 19.3. The highest BCUT2D eigenvalue weighted by Crippen LogP contribution is 2.52. The van der Waals surface area contributed by atoms with Gasteiger partial charge in [-0.15, -0.1) is 0 Å². The zero-order valence-electron chi connectivity index (χ0n) is 22.6. The van der Waals surface area contributed by atoms with Crippen LogP contribution in [0.2, 0.25) is 5.02 Å². The molecule has 1 aliphatic carbocycles. The molecule has 3 aromatic carbocycles. The van der Waals surface area contributed by atoms with Crippen molar-refractivity contribution in [2.24, 2.45) is 0 Å². The molecule has 2 fully saturated rings. The molecule has 5 rings (SSSR count). The molecule has 1 saturated carbocycles. The van der Waals surface area contributed by atoms with Gasteiger partial charge in [0.1, 0.15) is 29.1 Å². The van der Waals surface area contributed by atoms with Crippen molar-refractivity contribution in [2.45, 2.75) is 32.0 Å². The van der Waals surface area contributed by atoms with Crippen molar-refractivity contribution >= 4 is 29.0 Å². The van der Waals surface area contributed by atoms with Gasteiger partial charge < -0.3 is 19.7 Å². The van der Waals surface area contributed by atoms with E-state index in [9.17, 15) is 13.6 Å². The maximum atomic E-state index is 14.5. The van der Waals surface area contributed by atoms with Crippen LogP contribution in [0.3, 0.4) is 0 Å². The number of piperazine rings is 1. The average Bonchev–Trinajstić information content (AvgIpc) is 3.63. The van der Waals surface area contributed by atoms with Gasteiger partial charge in [0.2, 0.25) is 0 Å². The Balaban J connectivity index is 1.21. The Hall–Kier alpha value is -3.40. The molecule has 0 spiro atoms. The van der Waals surface area contributed by atoms with Gasteiger partial charge >= 0.3 is 6.03 Å². The molecule has 0 radical (unpaired) electrons. The topological polar surface area (TPSA) is 57.3 Å². The van der Waals surface area contributed by atoms with Crippen LogP contribution in [0, 0.1) is 11.6 Å². The van der Waals surface area contributed by atoms with Gasteiger partial charge in [-0.2, -0.15) is 0 Å². The molecule has 40 heavy (non-hydrogen) atoms. The van der Waals surface area contributed by atoms with E-state index < -0.39 is 17.2 Å². The highest BCUT2D eigenvalue weighted by atomic mass is 35.5. The average molecular weight is 571 g/mol. The van der Waals surface area contributed by atoms with Crippen LogP contribution in [0.25, 0.3) is 0 Å². The minimum absolute atomic E-state index is 0.177. The van der Waals surface area contributed by atoms with Crippen LogP contribution >= 0.6 is 11.6 Å². The third-order valence-corrected chi connectivity index (χ3v) is 7.50. The summed E-state index contributed by atoms with van der Waals surface area (Å²) in [7, 11) is 0. The lowest BCUT2D eigenvalue weighted by Crippen LogP contribution is -2.58. The Kier molecular flexibility index (Phi) is 8.44. The highest BCUT2D eigenvalue weighted by Gasteiger charge is 2.60. The predicted octanol–water partition coefficient (Wildman–Crippen LogP) is 5.97. The van der Waals surface area contributed by atoms with Gasteiger partial charge in [-0.25, -0.2) is 23.6 Å². The molecule has 2 aliphatic rings. The van der Waals surface area contributed by atoms with Gasteiger partial charge in [-0.05, 0) is 68.4 Å². The van der Waals surface area contributed by atoms with E-state index in [1.54, 1.807) is 17.1 Å². The number of halogens is 3. The summed E-state index contributed by atoms with van der Waals surface area (Å²) in [6.07, 6.45) is 0.123. The van der Waals surface area contributed by atoms with Crippen LogP contribution in [0.5, 0.6) is 5.75 Å². The van der Waals surface area contributed by atoms with Crippen molar-refractivity contribution in [2.75, 3.05) is 49.2 Å². The van der Waals surface area contributed by atoms with Gasteiger partial charge in [0.15, 0.2) is 0 Å². The number of hydrogen-bond donors (Lipinski definition) is 1. The zero-order chi connectivity index (χ0) is 28.3. The third-order valence-electron chi connectivity index (χ3n) is 7.25. The van der Waals surface area contributed by atoms with Gasteiger partial charge in [0.05, 0.1) is 5.69 Å². The molecule has 7 nitrogen and oxygen atoms in total. The lowest BCUT2D eigenvalue weighted by atomic mass is 10.1. The van der Waals surface area contributed by atoms with Crippen LogP contribution in [0.15, 0.2) is 66.7 Å². The number of hydrogen-bond acceptors (Lipinski definition) is 5. The summed E-state index contributed by atoms with van der Waals surface area (Å²) in [4.78, 5) is 15.1. The van der Waals surface area contributed by atoms with Crippen molar-refractivity contribution in [3.05, 3.63) is 89.0 Å². The van der Waals surface area contributed by atoms with E-state index >= 15 is 0 Å². The molecule has 1 aliphatic heterocycles. The summed E-state index contributed by atoms with van der Waals surface area (Å²) in [5.74, 6) is -0.596. The zero-order valence-corrected chi connectivity index (χ0v) is 23.3. The minimum Gasteiger partial charge on any atom is -0.487 e. The maximum absolute atomic E-state index is 14.5. The van der Waals surface area contributed by atoms with Crippen LogP contribution in [0.1, 0.15) is 25.8 Å². The number of rotatable bonds is 9. The summed E-state index contributed by atoms with van der Waals surface area (Å²) >= 11 is 6.06. The van der Waals surface area contributed by atoms with Crippen molar-refractivity contribution in [3.8, 4) is 5.75 Å². The number of carbonyl (C=O) groups is 1. The highest BCUT2D eigenvalue weighted by molar-refractivity contribution is 6.30. The van der Waals surface area contributed by atoms with Gasteiger partial charge in [0.25, 0.3) is 0 Å². The number of hydrazine groups is 1. The summed E-state index contributed by atoms with van der Waals surface area (Å²) in [5, 5.41) is 7.23. The van der Waals surface area contributed by atoms with E-state index in [1.807, 2.05) is 55.3 Å². The van der Waals surface area contributed by atoms with Crippen molar-refractivity contribution in [3.63, 3.8) is 0 Å². The second-order valence-corrected chi connectivity index (χ2v) is 10.3. The molecule has 0 aromatic heterocycles. The Morgan fingerprint density at radius 3 is 2.35 bits per heavy atom. The van der Waals surface area contributed by atoms with E-state index in [-0.39, 0.29) is 12.1 Å². The van der Waals surface area contributed by atoms with Crippen molar-refractivity contribution in [1.82, 2.24) is 10.3 Å². The monoisotopic (exact) mass is 570 g/mol. The molecule has 2 atom stereocenters. The fourth-order valence-electron chi connectivity index (χ4n) is 5.23. The van der Waals surface area contributed by atoms with Crippen molar-refractivity contribution in [1.29, 1.82) is 0 Å². The molecule has 2 unspecified atom stereocenters. The normalized spacial score (nSPS) is 20.7. The second-order valence-electron chi connectivity index (χ2n) is 9.82. The molecular weight excluding hydrogens is 538 g/mol. The number of benzene rings is 3. The third kappa shape index (κ3) is 5.87. The van der Waals surface area contributed by atoms with E-state index in [4.69, 9.17) is 21.1 Å². The van der Waals surface area contributed by atoms with Crippen LogP contribution in [0.4, 0.5) is 25.0 Å². The summed E-state index contributed by atoms with van der Waals surface area (Å²) in [6, 6.07) is 18.4. The summed E-state index contributed by atoms with van der Waals surface area (Å²) < 4.78 is 40.1. The molecule has 212 valence electrons. The Morgan fingerprint density at radius 1 is 1.02 bits per heavy atom. The number of urea groups is 1. The fourth-order valence-corrected chi connectivity index (χ4v) is 5.35. The lowest BCUT2D eigenvalue weighted by Gasteiger charge is -2.41. The first kappa shape index (κ1) is 28.1. The van der Waals surface area contributed by atoms with Crippen LogP contribution in [-0.4, -0.2) is 56.5 Å². The lowest BCUT2D eigenvalue weighted by molar-refractivity contribution is 0.00685. The van der Waals surface area contributed by atoms with E-state index in [2.05, 4.69) is 10.2 Å². The van der Waals surface area contributed by atoms with Crippen LogP contribution in [-0.2, 0) is 10.3 Å². The molecule has 3 aromatic rings. The molecule has 1 heterocycles. The first-order valence-electron chi connectivity index (χ1n) is 13.5. The van der Waals surface area contributed by atoms with Crippen LogP contribution < -0.4 is 20.0 Å².